The van der Waals surface area contributed by atoms with Crippen LogP contribution in [0.1, 0.15) is 24.2 Å². The van der Waals surface area contributed by atoms with Crippen molar-refractivity contribution in [3.8, 4) is 5.88 Å². The van der Waals surface area contributed by atoms with Crippen LogP contribution in [0.3, 0.4) is 0 Å². The number of ether oxygens (including phenoxy) is 2. The van der Waals surface area contributed by atoms with Gasteiger partial charge in [0.1, 0.15) is 0 Å². The van der Waals surface area contributed by atoms with Gasteiger partial charge in [-0.15, -0.1) is 0 Å². The standard InChI is InChI=1S/C23H30N4O6S/c1-4-32-23(29)33-22-15(2)19-9-8-17(13-20(19)26-22)25-11-10-24-14-21(28)16-6-5-7-18(12-16)27-34(3,30)31/h5-9,12-13,21,24-28H,4,10-11,14H2,1-3H3/t21-/m0/s1. The molecule has 10 nitrogen and oxygen atoms in total. The Morgan fingerprint density at radius 1 is 1.15 bits per heavy atom. The van der Waals surface area contributed by atoms with Crippen LogP contribution in [0.25, 0.3) is 10.9 Å². The van der Waals surface area contributed by atoms with Gasteiger partial charge in [0.05, 0.1) is 24.5 Å². The highest BCUT2D eigenvalue weighted by molar-refractivity contribution is 7.92. The summed E-state index contributed by atoms with van der Waals surface area (Å²) in [7, 11) is -3.38. The SMILES string of the molecule is CCOC(=O)Oc1[nH]c2cc(NCCNC[C@H](O)c3cccc(NS(C)(=O)=O)c3)ccc2c1C. The fourth-order valence-corrected chi connectivity index (χ4v) is 3.99. The molecule has 0 fully saturated rings. The van der Waals surface area contributed by atoms with Crippen molar-refractivity contribution in [1.82, 2.24) is 10.3 Å². The van der Waals surface area contributed by atoms with Crippen molar-refractivity contribution in [2.45, 2.75) is 20.0 Å². The Bertz CT molecular complexity index is 1240. The molecule has 1 aromatic heterocycles. The van der Waals surface area contributed by atoms with Crippen molar-refractivity contribution in [2.75, 3.05) is 42.5 Å². The number of aliphatic hydroxyl groups excluding tert-OH is 1. The van der Waals surface area contributed by atoms with Gasteiger partial charge in [-0.25, -0.2) is 13.2 Å². The van der Waals surface area contributed by atoms with Crippen LogP contribution in [0.5, 0.6) is 5.88 Å². The molecule has 0 aliphatic heterocycles. The number of aromatic amines is 1. The molecule has 0 aliphatic rings. The summed E-state index contributed by atoms with van der Waals surface area (Å²) in [5.74, 6) is 0.358. The number of rotatable bonds is 11. The first-order valence-corrected chi connectivity index (χ1v) is 12.7. The minimum absolute atomic E-state index is 0.240. The van der Waals surface area contributed by atoms with E-state index in [1.165, 1.54) is 0 Å². The molecule has 0 bridgehead atoms. The Kier molecular flexibility index (Phi) is 8.37. The Morgan fingerprint density at radius 3 is 2.68 bits per heavy atom. The van der Waals surface area contributed by atoms with Gasteiger partial charge in [0.15, 0.2) is 0 Å². The summed E-state index contributed by atoms with van der Waals surface area (Å²) in [5.41, 5.74) is 3.56. The van der Waals surface area contributed by atoms with E-state index in [-0.39, 0.29) is 6.61 Å². The molecule has 1 heterocycles. The van der Waals surface area contributed by atoms with Gasteiger partial charge in [-0.3, -0.25) is 4.72 Å². The van der Waals surface area contributed by atoms with Crippen molar-refractivity contribution >= 4 is 38.5 Å². The number of aromatic nitrogens is 1. The second kappa shape index (κ2) is 11.2. The van der Waals surface area contributed by atoms with Crippen LogP contribution in [-0.4, -0.2) is 57.2 Å². The van der Waals surface area contributed by atoms with E-state index in [0.717, 1.165) is 28.4 Å². The largest absolute Gasteiger partial charge is 0.515 e. The van der Waals surface area contributed by atoms with Gasteiger partial charge in [0.25, 0.3) is 0 Å². The lowest BCUT2D eigenvalue weighted by atomic mass is 10.1. The second-order valence-corrected chi connectivity index (χ2v) is 9.52. The molecule has 0 radical (unpaired) electrons. The van der Waals surface area contributed by atoms with Crippen molar-refractivity contribution in [1.29, 1.82) is 0 Å². The molecule has 2 aromatic carbocycles. The number of benzene rings is 2. The van der Waals surface area contributed by atoms with Crippen molar-refractivity contribution < 1.29 is 27.8 Å². The van der Waals surface area contributed by atoms with Crippen molar-refractivity contribution in [3.05, 3.63) is 53.6 Å². The molecule has 34 heavy (non-hydrogen) atoms. The number of hydrogen-bond donors (Lipinski definition) is 5. The number of H-pyrrole nitrogens is 1. The number of sulfonamides is 1. The van der Waals surface area contributed by atoms with Crippen LogP contribution in [-0.2, 0) is 14.8 Å². The number of anilines is 2. The molecule has 0 spiro atoms. The Hall–Kier alpha value is -3.28. The van der Waals surface area contributed by atoms with E-state index in [4.69, 9.17) is 9.47 Å². The lowest BCUT2D eigenvalue weighted by molar-refractivity contribution is 0.103. The highest BCUT2D eigenvalue weighted by Gasteiger charge is 2.14. The first-order valence-electron chi connectivity index (χ1n) is 10.8. The maximum Gasteiger partial charge on any atom is 0.515 e. The van der Waals surface area contributed by atoms with E-state index < -0.39 is 22.3 Å². The molecule has 0 saturated carbocycles. The number of fused-ring (bicyclic) bond motifs is 1. The molecule has 0 unspecified atom stereocenters. The molecular weight excluding hydrogens is 460 g/mol. The molecule has 184 valence electrons. The molecule has 0 amide bonds. The minimum atomic E-state index is -3.38. The lowest BCUT2D eigenvalue weighted by Crippen LogP contribution is -2.27. The maximum absolute atomic E-state index is 11.6. The first kappa shape index (κ1) is 25.3. The van der Waals surface area contributed by atoms with E-state index in [0.29, 0.717) is 36.8 Å². The van der Waals surface area contributed by atoms with Gasteiger partial charge < -0.3 is 30.2 Å². The smallest absolute Gasteiger partial charge is 0.434 e. The molecule has 3 rings (SSSR count). The van der Waals surface area contributed by atoms with Gasteiger partial charge in [0, 0.05) is 42.0 Å². The first-order chi connectivity index (χ1) is 16.2. The zero-order valence-corrected chi connectivity index (χ0v) is 20.2. The number of carbonyl (C=O) groups excluding carboxylic acids is 1. The summed E-state index contributed by atoms with van der Waals surface area (Å²) < 4.78 is 35.2. The Morgan fingerprint density at radius 2 is 1.94 bits per heavy atom. The van der Waals surface area contributed by atoms with Gasteiger partial charge in [-0.1, -0.05) is 18.2 Å². The average molecular weight is 491 g/mol. The highest BCUT2D eigenvalue weighted by Crippen LogP contribution is 2.29. The molecule has 5 N–H and O–H groups in total. The lowest BCUT2D eigenvalue weighted by Gasteiger charge is -2.14. The number of nitrogens with one attached hydrogen (secondary N) is 4. The summed E-state index contributed by atoms with van der Waals surface area (Å²) in [6.07, 6.45) is -0.449. The van der Waals surface area contributed by atoms with Crippen LogP contribution in [0.2, 0.25) is 0 Å². The van der Waals surface area contributed by atoms with E-state index in [1.54, 1.807) is 31.2 Å². The minimum Gasteiger partial charge on any atom is -0.434 e. The summed E-state index contributed by atoms with van der Waals surface area (Å²) in [6, 6.07) is 12.5. The molecule has 3 aromatic rings. The third-order valence-electron chi connectivity index (χ3n) is 5.00. The normalized spacial score (nSPS) is 12.4. The van der Waals surface area contributed by atoms with Gasteiger partial charge in [0.2, 0.25) is 15.9 Å². The zero-order chi connectivity index (χ0) is 24.7. The summed E-state index contributed by atoms with van der Waals surface area (Å²) in [4.78, 5) is 14.7. The molecule has 0 saturated heterocycles. The summed E-state index contributed by atoms with van der Waals surface area (Å²) >= 11 is 0. The zero-order valence-electron chi connectivity index (χ0n) is 19.3. The van der Waals surface area contributed by atoms with Crippen LogP contribution < -0.4 is 20.1 Å². The fourth-order valence-electron chi connectivity index (χ4n) is 3.43. The quantitative estimate of drug-likeness (QED) is 0.204. The predicted octanol–water partition coefficient (Wildman–Crippen LogP) is 3.12. The van der Waals surface area contributed by atoms with Crippen LogP contribution in [0, 0.1) is 6.92 Å². The maximum atomic E-state index is 11.6. The monoisotopic (exact) mass is 490 g/mol. The van der Waals surface area contributed by atoms with E-state index in [2.05, 4.69) is 20.3 Å². The van der Waals surface area contributed by atoms with Gasteiger partial charge in [-0.2, -0.15) is 0 Å². The van der Waals surface area contributed by atoms with Crippen LogP contribution >= 0.6 is 0 Å². The van der Waals surface area contributed by atoms with E-state index in [1.807, 2.05) is 25.1 Å². The topological polar surface area (TPSA) is 142 Å². The van der Waals surface area contributed by atoms with E-state index in [9.17, 15) is 18.3 Å². The molecular formula is C23H30N4O6S. The Balaban J connectivity index is 1.48. The predicted molar refractivity (Wildman–Crippen MR) is 132 cm³/mol. The number of aliphatic hydroxyl groups is 1. The van der Waals surface area contributed by atoms with E-state index >= 15 is 0 Å². The van der Waals surface area contributed by atoms with Gasteiger partial charge in [-0.05, 0) is 43.7 Å². The summed E-state index contributed by atoms with van der Waals surface area (Å²) in [5, 5.41) is 17.8. The summed E-state index contributed by atoms with van der Waals surface area (Å²) in [6.45, 7) is 5.33. The fraction of sp³-hybridized carbons (Fsp3) is 0.348. The third kappa shape index (κ3) is 7.11. The Labute approximate surface area is 198 Å². The van der Waals surface area contributed by atoms with Crippen LogP contribution in [0.4, 0.5) is 16.2 Å². The number of hydrogen-bond acceptors (Lipinski definition) is 8. The highest BCUT2D eigenvalue weighted by atomic mass is 32.2. The van der Waals surface area contributed by atoms with Gasteiger partial charge >= 0.3 is 6.16 Å². The third-order valence-corrected chi connectivity index (χ3v) is 5.61. The van der Waals surface area contributed by atoms with Crippen molar-refractivity contribution in [2.24, 2.45) is 0 Å². The number of carbonyl (C=O) groups is 1. The van der Waals surface area contributed by atoms with Crippen LogP contribution in [0.15, 0.2) is 42.5 Å². The molecule has 11 heteroatoms. The average Bonchev–Trinajstić information content (AvgIpc) is 3.07. The molecule has 1 atom stereocenters. The molecule has 0 aliphatic carbocycles. The van der Waals surface area contributed by atoms with Crippen molar-refractivity contribution in [3.63, 3.8) is 0 Å². The number of aryl methyl sites for hydroxylation is 1. The second-order valence-electron chi connectivity index (χ2n) is 7.77.